The minimum Gasteiger partial charge on any atom is -0.466 e. The Morgan fingerprint density at radius 1 is 1.18 bits per heavy atom. The molecule has 1 fully saturated rings. The summed E-state index contributed by atoms with van der Waals surface area (Å²) < 4.78 is 21.2. The number of carbonyl (C=O) groups excluding carboxylic acids is 2. The highest BCUT2D eigenvalue weighted by molar-refractivity contribution is 5.96. The number of benzene rings is 1. The van der Waals surface area contributed by atoms with Gasteiger partial charge in [-0.25, -0.2) is 0 Å². The van der Waals surface area contributed by atoms with Crippen LogP contribution in [-0.4, -0.2) is 23.1 Å². The number of allylic oxidation sites excluding steroid dienone is 1. The van der Waals surface area contributed by atoms with Gasteiger partial charge in [0.05, 0.1) is 24.1 Å². The Labute approximate surface area is 161 Å². The highest BCUT2D eigenvalue weighted by Gasteiger charge is 2.42. The topological polar surface area (TPSA) is 68.6 Å². The molecule has 2 aromatic rings. The molecular formula is C21H21FN2O4. The molecule has 1 amide bonds. The minimum absolute atomic E-state index is 0.0258. The summed E-state index contributed by atoms with van der Waals surface area (Å²) in [5.41, 5.74) is 1.08. The maximum absolute atomic E-state index is 14.8. The van der Waals surface area contributed by atoms with Gasteiger partial charge in [0, 0.05) is 18.0 Å². The number of rotatable bonds is 5. The summed E-state index contributed by atoms with van der Waals surface area (Å²) in [7, 11) is 0. The van der Waals surface area contributed by atoms with E-state index in [1.807, 2.05) is 0 Å². The van der Waals surface area contributed by atoms with E-state index in [1.165, 1.54) is 22.8 Å². The van der Waals surface area contributed by atoms with Crippen molar-refractivity contribution >= 4 is 17.6 Å². The number of hydrogen-bond donors (Lipinski definition) is 0. The zero-order valence-corrected chi connectivity index (χ0v) is 15.5. The molecular weight excluding hydrogens is 363 g/mol. The Kier molecular flexibility index (Phi) is 5.73. The molecule has 0 aliphatic heterocycles. The SMILES string of the molecule is C=C1C[C@H](C(=O)OCC)[C@@H](C(=O)N(F)c2ccc(-n3ccccc3=O)cc2)C1. The number of amides is 1. The molecule has 0 spiro atoms. The van der Waals surface area contributed by atoms with Gasteiger partial charge in [-0.3, -0.25) is 19.0 Å². The summed E-state index contributed by atoms with van der Waals surface area (Å²) in [4.78, 5) is 36.7. The fourth-order valence-electron chi connectivity index (χ4n) is 3.40. The third-order valence-electron chi connectivity index (χ3n) is 4.78. The van der Waals surface area contributed by atoms with Gasteiger partial charge in [-0.1, -0.05) is 22.7 Å². The molecule has 1 saturated carbocycles. The van der Waals surface area contributed by atoms with E-state index in [-0.39, 0.29) is 29.4 Å². The minimum atomic E-state index is -0.840. The number of carbonyl (C=O) groups is 2. The van der Waals surface area contributed by atoms with Crippen molar-refractivity contribution in [2.24, 2.45) is 11.8 Å². The molecule has 0 saturated heterocycles. The van der Waals surface area contributed by atoms with E-state index in [9.17, 15) is 18.9 Å². The third-order valence-corrected chi connectivity index (χ3v) is 4.78. The lowest BCUT2D eigenvalue weighted by Crippen LogP contribution is -2.35. The zero-order valence-electron chi connectivity index (χ0n) is 15.5. The Hall–Kier alpha value is -3.22. The van der Waals surface area contributed by atoms with Crippen LogP contribution in [0.2, 0.25) is 0 Å². The van der Waals surface area contributed by atoms with E-state index in [0.29, 0.717) is 12.1 Å². The number of nitrogens with zero attached hydrogens (tertiary/aromatic N) is 2. The normalized spacial score (nSPS) is 18.7. The fourth-order valence-corrected chi connectivity index (χ4v) is 3.40. The van der Waals surface area contributed by atoms with Gasteiger partial charge in [-0.05, 0) is 50.1 Å². The second-order valence-electron chi connectivity index (χ2n) is 6.67. The van der Waals surface area contributed by atoms with Crippen LogP contribution in [0.3, 0.4) is 0 Å². The maximum atomic E-state index is 14.8. The molecule has 0 radical (unpaired) electrons. The molecule has 3 rings (SSSR count). The van der Waals surface area contributed by atoms with Gasteiger partial charge in [-0.2, -0.15) is 0 Å². The smallest absolute Gasteiger partial charge is 0.310 e. The molecule has 6 nitrogen and oxygen atoms in total. The Morgan fingerprint density at radius 2 is 1.86 bits per heavy atom. The number of halogens is 1. The number of ether oxygens (including phenoxy) is 1. The van der Waals surface area contributed by atoms with Gasteiger partial charge in [0.25, 0.3) is 11.5 Å². The van der Waals surface area contributed by atoms with E-state index in [0.717, 1.165) is 5.57 Å². The molecule has 1 heterocycles. The van der Waals surface area contributed by atoms with Crippen molar-refractivity contribution in [3.05, 3.63) is 71.2 Å². The summed E-state index contributed by atoms with van der Waals surface area (Å²) in [6.45, 7) is 5.71. The lowest BCUT2D eigenvalue weighted by Gasteiger charge is -2.20. The molecule has 1 aliphatic carbocycles. The maximum Gasteiger partial charge on any atom is 0.310 e. The molecule has 7 heteroatoms. The Morgan fingerprint density at radius 3 is 2.50 bits per heavy atom. The summed E-state index contributed by atoms with van der Waals surface area (Å²) >= 11 is 0. The van der Waals surface area contributed by atoms with Crippen LogP contribution in [0.25, 0.3) is 5.69 Å². The van der Waals surface area contributed by atoms with Crippen molar-refractivity contribution in [1.82, 2.24) is 4.57 Å². The largest absolute Gasteiger partial charge is 0.466 e. The lowest BCUT2D eigenvalue weighted by atomic mass is 9.95. The van der Waals surface area contributed by atoms with Gasteiger partial charge >= 0.3 is 5.97 Å². The average Bonchev–Trinajstić information content (AvgIpc) is 3.09. The monoisotopic (exact) mass is 384 g/mol. The number of pyridine rings is 1. The van der Waals surface area contributed by atoms with Crippen LogP contribution >= 0.6 is 0 Å². The molecule has 28 heavy (non-hydrogen) atoms. The van der Waals surface area contributed by atoms with Crippen LogP contribution < -0.4 is 10.7 Å². The molecule has 0 bridgehead atoms. The van der Waals surface area contributed by atoms with Crippen molar-refractivity contribution in [3.8, 4) is 5.69 Å². The third kappa shape index (κ3) is 3.88. The quantitative estimate of drug-likeness (QED) is 0.451. The van der Waals surface area contributed by atoms with E-state index >= 15 is 0 Å². The standard InChI is InChI=1S/C21H21FN2O4/c1-3-28-21(27)18-13-14(2)12-17(18)20(26)24(22)16-9-7-15(8-10-16)23-11-5-4-6-19(23)25/h4-11,17-18H,2-3,12-13H2,1H3/t17-,18-/m0/s1. The van der Waals surface area contributed by atoms with Gasteiger partial charge < -0.3 is 4.74 Å². The summed E-state index contributed by atoms with van der Waals surface area (Å²) in [5.74, 6) is -2.87. The number of aromatic nitrogens is 1. The molecule has 0 N–H and O–H groups in total. The Bertz CT molecular complexity index is 951. The van der Waals surface area contributed by atoms with E-state index < -0.39 is 23.7 Å². The van der Waals surface area contributed by atoms with E-state index in [1.54, 1.807) is 37.4 Å². The summed E-state index contributed by atoms with van der Waals surface area (Å²) in [5, 5.41) is 0.0487. The molecule has 1 aliphatic rings. The number of hydrogen-bond acceptors (Lipinski definition) is 4. The first-order valence-electron chi connectivity index (χ1n) is 9.03. The van der Waals surface area contributed by atoms with Crippen LogP contribution in [-0.2, 0) is 14.3 Å². The molecule has 0 unspecified atom stereocenters. The predicted octanol–water partition coefficient (Wildman–Crippen LogP) is 3.20. The molecule has 2 atom stereocenters. The van der Waals surface area contributed by atoms with Crippen molar-refractivity contribution in [3.63, 3.8) is 0 Å². The molecule has 1 aromatic carbocycles. The van der Waals surface area contributed by atoms with Crippen LogP contribution in [0.4, 0.5) is 10.2 Å². The Balaban J connectivity index is 1.79. The number of anilines is 1. The van der Waals surface area contributed by atoms with Crippen molar-refractivity contribution in [2.75, 3.05) is 11.7 Å². The van der Waals surface area contributed by atoms with Crippen molar-refractivity contribution in [1.29, 1.82) is 0 Å². The second kappa shape index (κ2) is 8.21. The van der Waals surface area contributed by atoms with E-state index in [4.69, 9.17) is 4.74 Å². The van der Waals surface area contributed by atoms with Gasteiger partial charge in [0.1, 0.15) is 0 Å². The first-order chi connectivity index (χ1) is 13.4. The van der Waals surface area contributed by atoms with Crippen molar-refractivity contribution in [2.45, 2.75) is 19.8 Å². The van der Waals surface area contributed by atoms with Crippen LogP contribution in [0, 0.1) is 11.8 Å². The molecule has 1 aromatic heterocycles. The highest BCUT2D eigenvalue weighted by Crippen LogP contribution is 2.38. The summed E-state index contributed by atoms with van der Waals surface area (Å²) in [6.07, 6.45) is 2.17. The first-order valence-corrected chi connectivity index (χ1v) is 9.03. The van der Waals surface area contributed by atoms with Crippen LogP contribution in [0.5, 0.6) is 0 Å². The first kappa shape index (κ1) is 19.5. The van der Waals surface area contributed by atoms with Gasteiger partial charge in [0.15, 0.2) is 0 Å². The highest BCUT2D eigenvalue weighted by atomic mass is 19.2. The average molecular weight is 384 g/mol. The second-order valence-corrected chi connectivity index (χ2v) is 6.67. The lowest BCUT2D eigenvalue weighted by molar-refractivity contribution is -0.151. The van der Waals surface area contributed by atoms with Gasteiger partial charge in [-0.15, -0.1) is 5.12 Å². The van der Waals surface area contributed by atoms with Crippen LogP contribution in [0.1, 0.15) is 19.8 Å². The fraction of sp³-hybridized carbons (Fsp3) is 0.286. The summed E-state index contributed by atoms with van der Waals surface area (Å²) in [6, 6.07) is 10.7. The predicted molar refractivity (Wildman–Crippen MR) is 103 cm³/mol. The van der Waals surface area contributed by atoms with Crippen LogP contribution in [0.15, 0.2) is 65.6 Å². The number of esters is 1. The molecule has 146 valence electrons. The van der Waals surface area contributed by atoms with Gasteiger partial charge in [0.2, 0.25) is 0 Å². The van der Waals surface area contributed by atoms with E-state index in [2.05, 4.69) is 6.58 Å². The zero-order chi connectivity index (χ0) is 20.3. The van der Waals surface area contributed by atoms with Crippen molar-refractivity contribution < 1.29 is 18.8 Å².